The van der Waals surface area contributed by atoms with E-state index in [0.29, 0.717) is 0 Å². The maximum atomic E-state index is 3.45. The molecule has 1 rings (SSSR count). The Morgan fingerprint density at radius 1 is 1.33 bits per heavy atom. The van der Waals surface area contributed by atoms with Crippen molar-refractivity contribution in [1.29, 1.82) is 0 Å². The molecule has 0 aromatic heterocycles. The van der Waals surface area contributed by atoms with E-state index in [9.17, 15) is 0 Å². The van der Waals surface area contributed by atoms with Crippen LogP contribution < -0.4 is 0 Å². The summed E-state index contributed by atoms with van der Waals surface area (Å²) in [6.07, 6.45) is 6.56. The van der Waals surface area contributed by atoms with Crippen LogP contribution in [0.25, 0.3) is 0 Å². The number of allylic oxidation sites excluding steroid dienone is 2. The zero-order valence-corrected chi connectivity index (χ0v) is 8.84. The van der Waals surface area contributed by atoms with E-state index in [0.717, 1.165) is 17.3 Å². The SMILES string of the molecule is CC/C=C/Cc1cccc(Br)c1. The van der Waals surface area contributed by atoms with Gasteiger partial charge in [0.25, 0.3) is 0 Å². The van der Waals surface area contributed by atoms with Gasteiger partial charge in [0.05, 0.1) is 0 Å². The number of halogens is 1. The van der Waals surface area contributed by atoms with Crippen LogP contribution in [0.4, 0.5) is 0 Å². The van der Waals surface area contributed by atoms with Gasteiger partial charge in [-0.2, -0.15) is 0 Å². The Hall–Kier alpha value is -0.560. The lowest BCUT2D eigenvalue weighted by Gasteiger charge is -1.96. The molecule has 0 saturated carbocycles. The molecule has 0 amide bonds. The second kappa shape index (κ2) is 5.15. The maximum absolute atomic E-state index is 3.45. The standard InChI is InChI=1S/C11H13Br/c1-2-3-4-6-10-7-5-8-11(12)9-10/h3-5,7-9H,2,6H2,1H3/b4-3+. The van der Waals surface area contributed by atoms with Crippen LogP contribution >= 0.6 is 15.9 Å². The molecule has 0 heterocycles. The van der Waals surface area contributed by atoms with Crippen molar-refractivity contribution >= 4 is 15.9 Å². The number of rotatable bonds is 3. The van der Waals surface area contributed by atoms with Crippen molar-refractivity contribution in [2.24, 2.45) is 0 Å². The minimum absolute atomic E-state index is 1.03. The zero-order valence-electron chi connectivity index (χ0n) is 7.26. The van der Waals surface area contributed by atoms with Gasteiger partial charge in [0.2, 0.25) is 0 Å². The fourth-order valence-electron chi connectivity index (χ4n) is 1.05. The summed E-state index contributed by atoms with van der Waals surface area (Å²) in [4.78, 5) is 0. The van der Waals surface area contributed by atoms with Crippen molar-refractivity contribution in [2.45, 2.75) is 19.8 Å². The quantitative estimate of drug-likeness (QED) is 0.683. The average molecular weight is 225 g/mol. The maximum Gasteiger partial charge on any atom is 0.0178 e. The molecule has 1 heteroatoms. The highest BCUT2D eigenvalue weighted by molar-refractivity contribution is 9.10. The van der Waals surface area contributed by atoms with Crippen LogP contribution in [-0.4, -0.2) is 0 Å². The van der Waals surface area contributed by atoms with Gasteiger partial charge in [-0.15, -0.1) is 0 Å². The smallest absolute Gasteiger partial charge is 0.0178 e. The Morgan fingerprint density at radius 3 is 2.83 bits per heavy atom. The van der Waals surface area contributed by atoms with E-state index < -0.39 is 0 Å². The molecule has 1 aromatic rings. The van der Waals surface area contributed by atoms with Crippen molar-refractivity contribution in [3.05, 3.63) is 46.5 Å². The minimum atomic E-state index is 1.03. The molecular formula is C11H13Br. The normalized spacial score (nSPS) is 10.8. The van der Waals surface area contributed by atoms with E-state index in [1.807, 2.05) is 6.07 Å². The van der Waals surface area contributed by atoms with Crippen LogP contribution in [0.15, 0.2) is 40.9 Å². The molecule has 0 radical (unpaired) electrons. The van der Waals surface area contributed by atoms with E-state index in [-0.39, 0.29) is 0 Å². The molecule has 0 unspecified atom stereocenters. The summed E-state index contributed by atoms with van der Waals surface area (Å²) in [5.41, 5.74) is 1.36. The summed E-state index contributed by atoms with van der Waals surface area (Å²) in [6.45, 7) is 2.15. The van der Waals surface area contributed by atoms with Gasteiger partial charge in [0, 0.05) is 4.47 Å². The molecule has 0 N–H and O–H groups in total. The average Bonchev–Trinajstić information content (AvgIpc) is 2.05. The lowest BCUT2D eigenvalue weighted by atomic mass is 10.1. The highest BCUT2D eigenvalue weighted by Crippen LogP contribution is 2.12. The third kappa shape index (κ3) is 3.22. The van der Waals surface area contributed by atoms with E-state index >= 15 is 0 Å². The lowest BCUT2D eigenvalue weighted by Crippen LogP contribution is -1.79. The Morgan fingerprint density at radius 2 is 2.17 bits per heavy atom. The molecule has 0 saturated heterocycles. The van der Waals surface area contributed by atoms with Gasteiger partial charge >= 0.3 is 0 Å². The number of hydrogen-bond acceptors (Lipinski definition) is 0. The molecule has 12 heavy (non-hydrogen) atoms. The Bertz CT molecular complexity index is 263. The molecule has 1 aromatic carbocycles. The van der Waals surface area contributed by atoms with Crippen molar-refractivity contribution in [3.8, 4) is 0 Å². The molecule has 0 atom stereocenters. The van der Waals surface area contributed by atoms with Crippen molar-refractivity contribution < 1.29 is 0 Å². The van der Waals surface area contributed by atoms with Gasteiger partial charge in [0.15, 0.2) is 0 Å². The van der Waals surface area contributed by atoms with Crippen molar-refractivity contribution in [2.75, 3.05) is 0 Å². The highest BCUT2D eigenvalue weighted by atomic mass is 79.9. The molecule has 64 valence electrons. The van der Waals surface area contributed by atoms with Gasteiger partial charge in [0.1, 0.15) is 0 Å². The fraction of sp³-hybridized carbons (Fsp3) is 0.273. The van der Waals surface area contributed by atoms with E-state index in [4.69, 9.17) is 0 Å². The van der Waals surface area contributed by atoms with Crippen molar-refractivity contribution in [1.82, 2.24) is 0 Å². The van der Waals surface area contributed by atoms with Crippen LogP contribution in [0.3, 0.4) is 0 Å². The molecule has 0 nitrogen and oxygen atoms in total. The van der Waals surface area contributed by atoms with Gasteiger partial charge in [-0.05, 0) is 30.5 Å². The lowest BCUT2D eigenvalue weighted by molar-refractivity contribution is 1.18. The molecule has 0 spiro atoms. The predicted octanol–water partition coefficient (Wildman–Crippen LogP) is 3.96. The minimum Gasteiger partial charge on any atom is -0.0885 e. The fourth-order valence-corrected chi connectivity index (χ4v) is 1.50. The number of benzene rings is 1. The van der Waals surface area contributed by atoms with Crippen molar-refractivity contribution in [3.63, 3.8) is 0 Å². The Balaban J connectivity index is 2.57. The largest absolute Gasteiger partial charge is 0.0885 e. The zero-order chi connectivity index (χ0) is 8.81. The Labute approximate surface area is 82.4 Å². The second-order valence-corrected chi connectivity index (χ2v) is 3.63. The topological polar surface area (TPSA) is 0 Å². The first-order chi connectivity index (χ1) is 5.83. The third-order valence-electron chi connectivity index (χ3n) is 1.64. The summed E-state index contributed by atoms with van der Waals surface area (Å²) in [5.74, 6) is 0. The van der Waals surface area contributed by atoms with Crippen LogP contribution in [0.2, 0.25) is 0 Å². The van der Waals surface area contributed by atoms with Gasteiger partial charge in [-0.25, -0.2) is 0 Å². The molecule has 0 aliphatic carbocycles. The third-order valence-corrected chi connectivity index (χ3v) is 2.14. The van der Waals surface area contributed by atoms with Crippen LogP contribution in [0, 0.1) is 0 Å². The van der Waals surface area contributed by atoms with E-state index in [1.165, 1.54) is 5.56 Å². The van der Waals surface area contributed by atoms with Gasteiger partial charge in [-0.3, -0.25) is 0 Å². The van der Waals surface area contributed by atoms with Crippen LogP contribution in [0.5, 0.6) is 0 Å². The summed E-state index contributed by atoms with van der Waals surface area (Å²) in [7, 11) is 0. The first-order valence-corrected chi connectivity index (χ1v) is 5.01. The molecule has 0 aliphatic heterocycles. The predicted molar refractivity (Wildman–Crippen MR) is 57.3 cm³/mol. The summed E-state index contributed by atoms with van der Waals surface area (Å²) in [5, 5.41) is 0. The second-order valence-electron chi connectivity index (χ2n) is 2.71. The molecule has 0 aliphatic rings. The van der Waals surface area contributed by atoms with Crippen LogP contribution in [-0.2, 0) is 6.42 Å². The van der Waals surface area contributed by atoms with E-state index in [2.05, 4.69) is 53.2 Å². The van der Waals surface area contributed by atoms with Crippen LogP contribution in [0.1, 0.15) is 18.9 Å². The molecule has 0 bridgehead atoms. The highest BCUT2D eigenvalue weighted by Gasteiger charge is 1.89. The summed E-state index contributed by atoms with van der Waals surface area (Å²) in [6, 6.07) is 8.41. The summed E-state index contributed by atoms with van der Waals surface area (Å²) < 4.78 is 1.16. The monoisotopic (exact) mass is 224 g/mol. The molecular weight excluding hydrogens is 212 g/mol. The van der Waals surface area contributed by atoms with Gasteiger partial charge < -0.3 is 0 Å². The first-order valence-electron chi connectivity index (χ1n) is 4.22. The number of hydrogen-bond donors (Lipinski definition) is 0. The first kappa shape index (κ1) is 9.53. The summed E-state index contributed by atoms with van der Waals surface area (Å²) >= 11 is 3.45. The van der Waals surface area contributed by atoms with E-state index in [1.54, 1.807) is 0 Å². The molecule has 0 fully saturated rings. The Kier molecular flexibility index (Phi) is 4.09. The van der Waals surface area contributed by atoms with Gasteiger partial charge in [-0.1, -0.05) is 47.1 Å².